The van der Waals surface area contributed by atoms with E-state index in [1.54, 1.807) is 36.2 Å². The van der Waals surface area contributed by atoms with Crippen molar-refractivity contribution in [2.24, 2.45) is 0 Å². The molecule has 0 N–H and O–H groups in total. The Morgan fingerprint density at radius 1 is 1.23 bits per heavy atom. The molecule has 0 aliphatic heterocycles. The van der Waals surface area contributed by atoms with Gasteiger partial charge in [0.15, 0.2) is 5.82 Å². The molecule has 1 aromatic heterocycles. The standard InChI is InChI=1S/C20H18N4O2/c1-14-4-3-5-17(12-14)19-22-18(23-26-19)10-11-24(2)20(25)16-8-6-15(13-21)7-9-16/h3-9,12H,10-11H2,1-2H3. The number of aromatic nitrogens is 2. The molecule has 130 valence electrons. The number of nitriles is 1. The van der Waals surface area contributed by atoms with Gasteiger partial charge in [0.1, 0.15) is 0 Å². The van der Waals surface area contributed by atoms with Crippen LogP contribution in [0.3, 0.4) is 0 Å². The summed E-state index contributed by atoms with van der Waals surface area (Å²) in [4.78, 5) is 18.4. The van der Waals surface area contributed by atoms with Gasteiger partial charge in [0, 0.05) is 31.1 Å². The number of hydrogen-bond donors (Lipinski definition) is 0. The Bertz CT molecular complexity index is 954. The maximum Gasteiger partial charge on any atom is 0.257 e. The quantitative estimate of drug-likeness (QED) is 0.708. The van der Waals surface area contributed by atoms with Gasteiger partial charge in [-0.15, -0.1) is 0 Å². The van der Waals surface area contributed by atoms with Gasteiger partial charge in [-0.3, -0.25) is 4.79 Å². The average molecular weight is 346 g/mol. The fourth-order valence-electron chi connectivity index (χ4n) is 2.53. The van der Waals surface area contributed by atoms with E-state index >= 15 is 0 Å². The predicted octanol–water partition coefficient (Wildman–Crippen LogP) is 3.23. The summed E-state index contributed by atoms with van der Waals surface area (Å²) >= 11 is 0. The van der Waals surface area contributed by atoms with Crippen LogP contribution in [0, 0.1) is 18.3 Å². The van der Waals surface area contributed by atoms with Crippen molar-refractivity contribution >= 4 is 5.91 Å². The Balaban J connectivity index is 1.61. The summed E-state index contributed by atoms with van der Waals surface area (Å²) in [5, 5.41) is 12.8. The first kappa shape index (κ1) is 17.4. The third-order valence-corrected chi connectivity index (χ3v) is 4.01. The first-order valence-corrected chi connectivity index (χ1v) is 8.22. The highest BCUT2D eigenvalue weighted by atomic mass is 16.5. The minimum Gasteiger partial charge on any atom is -0.341 e. The van der Waals surface area contributed by atoms with Crippen LogP contribution in [-0.2, 0) is 6.42 Å². The van der Waals surface area contributed by atoms with Gasteiger partial charge >= 0.3 is 0 Å². The molecule has 3 rings (SSSR count). The van der Waals surface area contributed by atoms with Crippen molar-refractivity contribution in [2.75, 3.05) is 13.6 Å². The molecule has 6 heteroatoms. The van der Waals surface area contributed by atoms with Crippen LogP contribution < -0.4 is 0 Å². The molecular weight excluding hydrogens is 328 g/mol. The second-order valence-electron chi connectivity index (χ2n) is 6.05. The van der Waals surface area contributed by atoms with Crippen molar-refractivity contribution in [1.29, 1.82) is 5.26 Å². The highest BCUT2D eigenvalue weighted by Gasteiger charge is 2.14. The average Bonchev–Trinajstić information content (AvgIpc) is 3.14. The summed E-state index contributed by atoms with van der Waals surface area (Å²) in [5.41, 5.74) is 3.07. The Labute approximate surface area is 151 Å². The normalized spacial score (nSPS) is 10.3. The lowest BCUT2D eigenvalue weighted by Gasteiger charge is -2.16. The van der Waals surface area contributed by atoms with Crippen LogP contribution in [0.25, 0.3) is 11.5 Å². The van der Waals surface area contributed by atoms with Crippen molar-refractivity contribution in [1.82, 2.24) is 15.0 Å². The zero-order chi connectivity index (χ0) is 18.5. The Morgan fingerprint density at radius 3 is 2.69 bits per heavy atom. The molecule has 3 aromatic rings. The third-order valence-electron chi connectivity index (χ3n) is 4.01. The number of likely N-dealkylation sites (N-methyl/N-ethyl adjacent to an activating group) is 1. The second kappa shape index (κ2) is 7.62. The molecule has 1 amide bonds. The molecule has 0 radical (unpaired) electrons. The molecule has 0 fully saturated rings. The van der Waals surface area contributed by atoms with Crippen molar-refractivity contribution in [3.05, 3.63) is 71.0 Å². The van der Waals surface area contributed by atoms with Gasteiger partial charge in [0.2, 0.25) is 0 Å². The van der Waals surface area contributed by atoms with Gasteiger partial charge in [0.25, 0.3) is 11.8 Å². The largest absolute Gasteiger partial charge is 0.341 e. The van der Waals surface area contributed by atoms with Gasteiger partial charge < -0.3 is 9.42 Å². The van der Waals surface area contributed by atoms with Gasteiger partial charge in [-0.05, 0) is 43.3 Å². The molecule has 0 unspecified atom stereocenters. The van der Waals surface area contributed by atoms with E-state index in [9.17, 15) is 4.79 Å². The van der Waals surface area contributed by atoms with E-state index in [4.69, 9.17) is 9.78 Å². The molecule has 0 saturated carbocycles. The Kier molecular flexibility index (Phi) is 5.09. The highest BCUT2D eigenvalue weighted by molar-refractivity contribution is 5.94. The number of carbonyl (C=O) groups excluding carboxylic acids is 1. The lowest BCUT2D eigenvalue weighted by molar-refractivity contribution is 0.0796. The van der Waals surface area contributed by atoms with Crippen LogP contribution in [0.15, 0.2) is 53.1 Å². The van der Waals surface area contributed by atoms with Gasteiger partial charge in [-0.1, -0.05) is 22.9 Å². The molecule has 0 spiro atoms. The molecule has 0 saturated heterocycles. The molecular formula is C20H18N4O2. The molecule has 6 nitrogen and oxygen atoms in total. The third kappa shape index (κ3) is 3.95. The topological polar surface area (TPSA) is 83.0 Å². The van der Waals surface area contributed by atoms with Crippen LogP contribution in [0.5, 0.6) is 0 Å². The highest BCUT2D eigenvalue weighted by Crippen LogP contribution is 2.18. The van der Waals surface area contributed by atoms with Crippen LogP contribution in [0.4, 0.5) is 0 Å². The summed E-state index contributed by atoms with van der Waals surface area (Å²) < 4.78 is 5.31. The number of nitrogens with zero attached hydrogens (tertiary/aromatic N) is 4. The molecule has 0 atom stereocenters. The second-order valence-corrected chi connectivity index (χ2v) is 6.05. The van der Waals surface area contributed by atoms with E-state index in [1.807, 2.05) is 37.3 Å². The van der Waals surface area contributed by atoms with Crippen molar-refractivity contribution in [3.63, 3.8) is 0 Å². The van der Waals surface area contributed by atoms with Gasteiger partial charge in [-0.2, -0.15) is 10.2 Å². The number of carbonyl (C=O) groups is 1. The van der Waals surface area contributed by atoms with Gasteiger partial charge in [0.05, 0.1) is 11.6 Å². The Hall–Kier alpha value is -3.46. The first-order chi connectivity index (χ1) is 12.6. The maximum atomic E-state index is 12.4. The van der Waals surface area contributed by atoms with E-state index in [0.717, 1.165) is 11.1 Å². The van der Waals surface area contributed by atoms with E-state index in [0.29, 0.717) is 35.8 Å². The number of rotatable bonds is 5. The van der Waals surface area contributed by atoms with Crippen molar-refractivity contribution in [3.8, 4) is 17.5 Å². The Morgan fingerprint density at radius 2 is 2.00 bits per heavy atom. The summed E-state index contributed by atoms with van der Waals surface area (Å²) in [6.07, 6.45) is 0.494. The number of hydrogen-bond acceptors (Lipinski definition) is 5. The lowest BCUT2D eigenvalue weighted by atomic mass is 10.1. The summed E-state index contributed by atoms with van der Waals surface area (Å²) in [5.74, 6) is 0.919. The zero-order valence-corrected chi connectivity index (χ0v) is 14.6. The molecule has 0 aliphatic rings. The van der Waals surface area contributed by atoms with E-state index in [-0.39, 0.29) is 5.91 Å². The number of amides is 1. The molecule has 2 aromatic carbocycles. The smallest absolute Gasteiger partial charge is 0.257 e. The maximum absolute atomic E-state index is 12.4. The molecule has 26 heavy (non-hydrogen) atoms. The van der Waals surface area contributed by atoms with Crippen LogP contribution in [0.2, 0.25) is 0 Å². The summed E-state index contributed by atoms with van der Waals surface area (Å²) in [6.45, 7) is 2.47. The van der Waals surface area contributed by atoms with E-state index < -0.39 is 0 Å². The molecule has 1 heterocycles. The van der Waals surface area contributed by atoms with Crippen LogP contribution >= 0.6 is 0 Å². The SMILES string of the molecule is Cc1cccc(-c2nc(CCN(C)C(=O)c3ccc(C#N)cc3)no2)c1. The zero-order valence-electron chi connectivity index (χ0n) is 14.6. The van der Waals surface area contributed by atoms with Crippen LogP contribution in [-0.4, -0.2) is 34.5 Å². The minimum absolute atomic E-state index is 0.114. The van der Waals surface area contributed by atoms with Crippen molar-refractivity contribution < 1.29 is 9.32 Å². The summed E-state index contributed by atoms with van der Waals surface area (Å²) in [6, 6.07) is 16.5. The predicted molar refractivity (Wildman–Crippen MR) is 96.3 cm³/mol. The van der Waals surface area contributed by atoms with E-state index in [1.165, 1.54) is 0 Å². The minimum atomic E-state index is -0.114. The summed E-state index contributed by atoms with van der Waals surface area (Å²) in [7, 11) is 1.72. The van der Waals surface area contributed by atoms with Gasteiger partial charge in [-0.25, -0.2) is 0 Å². The first-order valence-electron chi connectivity index (χ1n) is 8.22. The number of benzene rings is 2. The monoisotopic (exact) mass is 346 g/mol. The van der Waals surface area contributed by atoms with Crippen LogP contribution in [0.1, 0.15) is 27.3 Å². The van der Waals surface area contributed by atoms with Crippen molar-refractivity contribution in [2.45, 2.75) is 13.3 Å². The molecule has 0 aliphatic carbocycles. The fourth-order valence-corrected chi connectivity index (χ4v) is 2.53. The van der Waals surface area contributed by atoms with E-state index in [2.05, 4.69) is 10.1 Å². The molecule has 0 bridgehead atoms. The fraction of sp³-hybridized carbons (Fsp3) is 0.200. The number of aryl methyl sites for hydroxylation is 1. The lowest BCUT2D eigenvalue weighted by Crippen LogP contribution is -2.29.